The first-order valence-electron chi connectivity index (χ1n) is 6.01. The first kappa shape index (κ1) is 14.8. The van der Waals surface area contributed by atoms with E-state index in [9.17, 15) is 9.90 Å². The molecule has 5 heteroatoms. The van der Waals surface area contributed by atoms with Gasteiger partial charge in [0.05, 0.1) is 5.69 Å². The van der Waals surface area contributed by atoms with Crippen molar-refractivity contribution in [2.45, 2.75) is 19.3 Å². The highest BCUT2D eigenvalue weighted by molar-refractivity contribution is 5.94. The number of hydrogen-bond donors (Lipinski definition) is 3. The van der Waals surface area contributed by atoms with Crippen molar-refractivity contribution in [2.24, 2.45) is 17.6 Å². The number of halogens is 1. The van der Waals surface area contributed by atoms with Crippen LogP contribution in [-0.4, -0.2) is 17.6 Å². The second-order valence-corrected chi connectivity index (χ2v) is 4.54. The number of nitrogens with one attached hydrogen (secondary N) is 1. The molecular formula is C13H19ClN2O2. The molecule has 2 rings (SSSR count). The summed E-state index contributed by atoms with van der Waals surface area (Å²) in [7, 11) is 0. The van der Waals surface area contributed by atoms with Crippen LogP contribution in [0.25, 0.3) is 0 Å². The predicted octanol–water partition coefficient (Wildman–Crippen LogP) is 2.13. The van der Waals surface area contributed by atoms with Gasteiger partial charge in [-0.25, -0.2) is 0 Å². The van der Waals surface area contributed by atoms with Gasteiger partial charge in [-0.3, -0.25) is 4.79 Å². The van der Waals surface area contributed by atoms with E-state index >= 15 is 0 Å². The van der Waals surface area contributed by atoms with Gasteiger partial charge in [0.1, 0.15) is 5.75 Å². The molecule has 0 saturated heterocycles. The molecule has 0 aromatic heterocycles. The van der Waals surface area contributed by atoms with E-state index in [1.54, 1.807) is 24.3 Å². The number of para-hydroxylation sites is 2. The number of phenols is 1. The third-order valence-corrected chi connectivity index (χ3v) is 3.46. The van der Waals surface area contributed by atoms with Gasteiger partial charge in [0.15, 0.2) is 0 Å². The van der Waals surface area contributed by atoms with E-state index < -0.39 is 0 Å². The summed E-state index contributed by atoms with van der Waals surface area (Å²) in [5, 5.41) is 12.4. The summed E-state index contributed by atoms with van der Waals surface area (Å²) >= 11 is 0. The van der Waals surface area contributed by atoms with Crippen molar-refractivity contribution in [2.75, 3.05) is 11.9 Å². The van der Waals surface area contributed by atoms with Crippen molar-refractivity contribution in [3.8, 4) is 5.75 Å². The monoisotopic (exact) mass is 270 g/mol. The molecule has 4 N–H and O–H groups in total. The van der Waals surface area contributed by atoms with Crippen LogP contribution in [0.4, 0.5) is 5.69 Å². The summed E-state index contributed by atoms with van der Waals surface area (Å²) in [5.41, 5.74) is 6.13. The zero-order valence-corrected chi connectivity index (χ0v) is 11.0. The number of phenolic OH excluding ortho intramolecular Hbond substituents is 1. The molecule has 0 radical (unpaired) electrons. The Labute approximate surface area is 113 Å². The Morgan fingerprint density at radius 1 is 1.39 bits per heavy atom. The van der Waals surface area contributed by atoms with Crippen LogP contribution in [0, 0.1) is 11.8 Å². The van der Waals surface area contributed by atoms with Gasteiger partial charge in [-0.05, 0) is 37.4 Å². The van der Waals surface area contributed by atoms with Gasteiger partial charge in [-0.15, -0.1) is 12.4 Å². The first-order valence-corrected chi connectivity index (χ1v) is 6.01. The fourth-order valence-electron chi connectivity index (χ4n) is 2.47. The molecule has 0 bridgehead atoms. The average molecular weight is 271 g/mol. The van der Waals surface area contributed by atoms with Gasteiger partial charge in [0, 0.05) is 5.92 Å². The van der Waals surface area contributed by atoms with Crippen molar-refractivity contribution in [1.29, 1.82) is 0 Å². The number of hydrogen-bond acceptors (Lipinski definition) is 3. The normalized spacial score (nSPS) is 22.3. The highest BCUT2D eigenvalue weighted by atomic mass is 35.5. The van der Waals surface area contributed by atoms with E-state index in [1.807, 2.05) is 0 Å². The molecule has 1 aromatic rings. The molecule has 2 atom stereocenters. The standard InChI is InChI=1S/C13H18N2O2.ClH/c14-8-9-4-3-5-10(9)13(17)15-11-6-1-2-7-12(11)16;/h1-2,6-7,9-10,16H,3-5,8,14H2,(H,15,17);1H/t9-,10-;/m1./s1. The Morgan fingerprint density at radius 3 is 2.78 bits per heavy atom. The van der Waals surface area contributed by atoms with E-state index in [2.05, 4.69) is 5.32 Å². The molecule has 1 fully saturated rings. The number of carbonyl (C=O) groups is 1. The predicted molar refractivity (Wildman–Crippen MR) is 73.9 cm³/mol. The zero-order valence-electron chi connectivity index (χ0n) is 10.1. The van der Waals surface area contributed by atoms with Gasteiger partial charge in [0.2, 0.25) is 5.91 Å². The summed E-state index contributed by atoms with van der Waals surface area (Å²) in [6.07, 6.45) is 2.97. The molecule has 0 unspecified atom stereocenters. The second-order valence-electron chi connectivity index (χ2n) is 4.54. The molecule has 0 heterocycles. The highest BCUT2D eigenvalue weighted by Crippen LogP contribution is 2.32. The summed E-state index contributed by atoms with van der Waals surface area (Å²) in [5.74, 6) is 0.336. The zero-order chi connectivity index (χ0) is 12.3. The van der Waals surface area contributed by atoms with Crippen molar-refractivity contribution in [3.63, 3.8) is 0 Å². The summed E-state index contributed by atoms with van der Waals surface area (Å²) in [6.45, 7) is 0.554. The number of aromatic hydroxyl groups is 1. The van der Waals surface area contributed by atoms with Crippen LogP contribution < -0.4 is 11.1 Å². The van der Waals surface area contributed by atoms with Crippen LogP contribution >= 0.6 is 12.4 Å². The quantitative estimate of drug-likeness (QED) is 0.737. The van der Waals surface area contributed by atoms with E-state index in [1.165, 1.54) is 0 Å². The smallest absolute Gasteiger partial charge is 0.227 e. The first-order chi connectivity index (χ1) is 8.22. The lowest BCUT2D eigenvalue weighted by Crippen LogP contribution is -2.29. The molecule has 1 amide bonds. The minimum absolute atomic E-state index is 0. The van der Waals surface area contributed by atoms with Crippen molar-refractivity contribution in [3.05, 3.63) is 24.3 Å². The Bertz CT molecular complexity index is 412. The van der Waals surface area contributed by atoms with E-state index in [-0.39, 0.29) is 35.9 Å². The number of amides is 1. The maximum absolute atomic E-state index is 12.1. The highest BCUT2D eigenvalue weighted by Gasteiger charge is 2.32. The average Bonchev–Trinajstić information content (AvgIpc) is 2.80. The van der Waals surface area contributed by atoms with Gasteiger partial charge < -0.3 is 16.2 Å². The Kier molecular flexibility index (Phi) is 5.44. The lowest BCUT2D eigenvalue weighted by atomic mass is 9.95. The summed E-state index contributed by atoms with van der Waals surface area (Å²) < 4.78 is 0. The van der Waals surface area contributed by atoms with Crippen LogP contribution in [0.2, 0.25) is 0 Å². The second kappa shape index (κ2) is 6.61. The molecular weight excluding hydrogens is 252 g/mol. The molecule has 0 aliphatic heterocycles. The molecule has 1 aliphatic rings. The molecule has 100 valence electrons. The maximum Gasteiger partial charge on any atom is 0.227 e. The van der Waals surface area contributed by atoms with Gasteiger partial charge in [-0.2, -0.15) is 0 Å². The number of carbonyl (C=O) groups excluding carboxylic acids is 1. The molecule has 4 nitrogen and oxygen atoms in total. The lowest BCUT2D eigenvalue weighted by Gasteiger charge is -2.17. The Balaban J connectivity index is 0.00000162. The van der Waals surface area contributed by atoms with Crippen LogP contribution in [0.15, 0.2) is 24.3 Å². The third kappa shape index (κ3) is 3.15. The Hall–Kier alpha value is -1.26. The molecule has 1 saturated carbocycles. The molecule has 1 aromatic carbocycles. The lowest BCUT2D eigenvalue weighted by molar-refractivity contribution is -0.120. The topological polar surface area (TPSA) is 75.4 Å². The van der Waals surface area contributed by atoms with Crippen LogP contribution in [0.1, 0.15) is 19.3 Å². The van der Waals surface area contributed by atoms with Crippen molar-refractivity contribution < 1.29 is 9.90 Å². The van der Waals surface area contributed by atoms with E-state index in [4.69, 9.17) is 5.73 Å². The number of rotatable bonds is 3. The third-order valence-electron chi connectivity index (χ3n) is 3.46. The number of benzene rings is 1. The van der Waals surface area contributed by atoms with Crippen LogP contribution in [0.3, 0.4) is 0 Å². The largest absolute Gasteiger partial charge is 0.506 e. The van der Waals surface area contributed by atoms with Gasteiger partial charge >= 0.3 is 0 Å². The van der Waals surface area contributed by atoms with Crippen molar-refractivity contribution in [1.82, 2.24) is 0 Å². The molecule has 0 spiro atoms. The minimum Gasteiger partial charge on any atom is -0.506 e. The van der Waals surface area contributed by atoms with Gasteiger partial charge in [0.25, 0.3) is 0 Å². The number of anilines is 1. The van der Waals surface area contributed by atoms with Crippen LogP contribution in [0.5, 0.6) is 5.75 Å². The molecule has 1 aliphatic carbocycles. The fourth-order valence-corrected chi connectivity index (χ4v) is 2.47. The van der Waals surface area contributed by atoms with E-state index in [0.717, 1.165) is 19.3 Å². The van der Waals surface area contributed by atoms with Crippen molar-refractivity contribution >= 4 is 24.0 Å². The minimum atomic E-state index is -0.0283. The van der Waals surface area contributed by atoms with E-state index in [0.29, 0.717) is 12.2 Å². The SMILES string of the molecule is Cl.NC[C@H]1CCC[C@H]1C(=O)Nc1ccccc1O. The summed E-state index contributed by atoms with van der Waals surface area (Å²) in [6, 6.07) is 6.76. The Morgan fingerprint density at radius 2 is 2.11 bits per heavy atom. The molecule has 18 heavy (non-hydrogen) atoms. The number of nitrogens with two attached hydrogens (primary N) is 1. The van der Waals surface area contributed by atoms with Crippen LogP contribution in [-0.2, 0) is 4.79 Å². The van der Waals surface area contributed by atoms with Gasteiger partial charge in [-0.1, -0.05) is 18.6 Å². The fraction of sp³-hybridized carbons (Fsp3) is 0.462. The maximum atomic E-state index is 12.1. The summed E-state index contributed by atoms with van der Waals surface area (Å²) in [4.78, 5) is 12.1.